The van der Waals surface area contributed by atoms with E-state index < -0.39 is 0 Å². The van der Waals surface area contributed by atoms with Crippen LogP contribution in [0.3, 0.4) is 0 Å². The number of nitrogens with one attached hydrogen (secondary N) is 2. The minimum atomic E-state index is 0.0475. The molecule has 3 atom stereocenters. The molecule has 1 saturated heterocycles. The molecule has 1 aliphatic heterocycles. The number of nitrogens with zero attached hydrogens (tertiary/aromatic N) is 1. The van der Waals surface area contributed by atoms with Crippen molar-refractivity contribution in [1.29, 1.82) is 0 Å². The Morgan fingerprint density at radius 2 is 2.39 bits per heavy atom. The average molecular weight is 269 g/mol. The number of aromatic nitrogens is 1. The maximum atomic E-state index is 11.2. The molecule has 2 rings (SSSR count). The Morgan fingerprint density at radius 1 is 1.61 bits per heavy atom. The summed E-state index contributed by atoms with van der Waals surface area (Å²) in [5.41, 5.74) is 1.04. The van der Waals surface area contributed by atoms with Gasteiger partial charge in [-0.15, -0.1) is 0 Å². The molecule has 0 radical (unpaired) electrons. The fourth-order valence-electron chi connectivity index (χ4n) is 2.44. The van der Waals surface area contributed by atoms with Crippen molar-refractivity contribution in [3.8, 4) is 0 Å². The van der Waals surface area contributed by atoms with E-state index in [1.165, 1.54) is 17.8 Å². The normalized spacial score (nSPS) is 27.3. The van der Waals surface area contributed by atoms with Crippen LogP contribution in [0.25, 0.3) is 0 Å². The van der Waals surface area contributed by atoms with Gasteiger partial charge in [-0.2, -0.15) is 0 Å². The van der Waals surface area contributed by atoms with E-state index >= 15 is 0 Å². The number of hydrogen-bond donors (Lipinski definition) is 2. The molecule has 1 aliphatic rings. The van der Waals surface area contributed by atoms with Crippen LogP contribution in [0.2, 0.25) is 0 Å². The summed E-state index contributed by atoms with van der Waals surface area (Å²) in [7, 11) is 0. The van der Waals surface area contributed by atoms with Crippen molar-refractivity contribution < 1.29 is 0 Å². The molecule has 2 heterocycles. The van der Waals surface area contributed by atoms with Crippen LogP contribution in [0.15, 0.2) is 10.2 Å². The van der Waals surface area contributed by atoms with Gasteiger partial charge in [0.05, 0.1) is 0 Å². The zero-order chi connectivity index (χ0) is 13.1. The summed E-state index contributed by atoms with van der Waals surface area (Å²) in [6.07, 6.45) is 1.20. The van der Waals surface area contributed by atoms with Gasteiger partial charge in [0.25, 0.3) is 0 Å². The summed E-state index contributed by atoms with van der Waals surface area (Å²) in [5, 5.41) is 5.57. The summed E-state index contributed by atoms with van der Waals surface area (Å²) in [4.78, 5) is 16.6. The van der Waals surface area contributed by atoms with Crippen LogP contribution in [0.1, 0.15) is 32.9 Å². The molecule has 0 spiro atoms. The fourth-order valence-corrected chi connectivity index (χ4v) is 3.02. The highest BCUT2D eigenvalue weighted by molar-refractivity contribution is 7.07. The van der Waals surface area contributed by atoms with Crippen LogP contribution in [-0.2, 0) is 6.54 Å². The molecule has 5 heteroatoms. The van der Waals surface area contributed by atoms with Gasteiger partial charge in [0.1, 0.15) is 0 Å². The first kappa shape index (κ1) is 13.8. The van der Waals surface area contributed by atoms with Crippen molar-refractivity contribution in [3.63, 3.8) is 0 Å². The minimum Gasteiger partial charge on any atom is -0.315 e. The van der Waals surface area contributed by atoms with E-state index in [0.29, 0.717) is 18.0 Å². The molecule has 18 heavy (non-hydrogen) atoms. The molecule has 0 saturated carbocycles. The molecule has 3 unspecified atom stereocenters. The number of hydrogen-bond acceptors (Lipinski definition) is 4. The molecule has 0 bridgehead atoms. The zero-order valence-corrected chi connectivity index (χ0v) is 12.2. The zero-order valence-electron chi connectivity index (χ0n) is 11.4. The van der Waals surface area contributed by atoms with Crippen molar-refractivity contribution in [2.75, 3.05) is 13.1 Å². The van der Waals surface area contributed by atoms with Gasteiger partial charge in [0.15, 0.2) is 0 Å². The average Bonchev–Trinajstić information content (AvgIpc) is 2.76. The Balaban J connectivity index is 1.99. The highest BCUT2D eigenvalue weighted by Crippen LogP contribution is 2.17. The van der Waals surface area contributed by atoms with Crippen LogP contribution >= 0.6 is 11.3 Å². The van der Waals surface area contributed by atoms with E-state index in [1.54, 1.807) is 0 Å². The highest BCUT2D eigenvalue weighted by atomic mass is 32.1. The Hall–Kier alpha value is -0.650. The lowest BCUT2D eigenvalue weighted by atomic mass is 9.95. The van der Waals surface area contributed by atoms with E-state index in [2.05, 4.69) is 36.0 Å². The molecular formula is C13H23N3OS. The van der Waals surface area contributed by atoms with Crippen molar-refractivity contribution in [1.82, 2.24) is 15.2 Å². The second kappa shape index (κ2) is 5.99. The van der Waals surface area contributed by atoms with Crippen LogP contribution in [0.5, 0.6) is 0 Å². The molecule has 0 amide bonds. The SMILES string of the molecule is CCC(C)C1CN(Cc2csc(=O)[nH]2)C(C)CN1. The van der Waals surface area contributed by atoms with Crippen molar-refractivity contribution in [2.24, 2.45) is 5.92 Å². The fraction of sp³-hybridized carbons (Fsp3) is 0.769. The van der Waals surface area contributed by atoms with Crippen molar-refractivity contribution in [2.45, 2.75) is 45.8 Å². The summed E-state index contributed by atoms with van der Waals surface area (Å²) < 4.78 is 0. The molecule has 102 valence electrons. The van der Waals surface area contributed by atoms with E-state index in [9.17, 15) is 4.79 Å². The van der Waals surface area contributed by atoms with Gasteiger partial charge in [-0.05, 0) is 12.8 Å². The topological polar surface area (TPSA) is 48.1 Å². The van der Waals surface area contributed by atoms with Crippen LogP contribution in [0.4, 0.5) is 0 Å². The van der Waals surface area contributed by atoms with E-state index in [4.69, 9.17) is 0 Å². The molecule has 4 nitrogen and oxygen atoms in total. The molecule has 1 aromatic rings. The Labute approximate surface area is 112 Å². The predicted molar refractivity (Wildman–Crippen MR) is 76.1 cm³/mol. The summed E-state index contributed by atoms with van der Waals surface area (Å²) in [6.45, 7) is 9.74. The Morgan fingerprint density at radius 3 is 3.00 bits per heavy atom. The van der Waals surface area contributed by atoms with E-state index in [1.807, 2.05) is 5.38 Å². The number of thiazole rings is 1. The van der Waals surface area contributed by atoms with Gasteiger partial charge in [0.2, 0.25) is 0 Å². The molecule has 0 aromatic carbocycles. The lowest BCUT2D eigenvalue weighted by Gasteiger charge is -2.40. The molecular weight excluding hydrogens is 246 g/mol. The number of rotatable bonds is 4. The Bertz CT molecular complexity index is 428. The standard InChI is InChI=1S/C13H23N3OS/c1-4-9(2)12-7-16(10(3)5-14-12)6-11-8-18-13(17)15-11/h8-10,12,14H,4-7H2,1-3H3,(H,15,17). The van der Waals surface area contributed by atoms with Gasteiger partial charge in [0, 0.05) is 42.8 Å². The monoisotopic (exact) mass is 269 g/mol. The second-order valence-corrected chi connectivity index (χ2v) is 6.19. The van der Waals surface area contributed by atoms with Crippen LogP contribution in [-0.4, -0.2) is 35.1 Å². The minimum absolute atomic E-state index is 0.0475. The molecule has 0 aliphatic carbocycles. The van der Waals surface area contributed by atoms with Crippen molar-refractivity contribution >= 4 is 11.3 Å². The first-order valence-corrected chi connectivity index (χ1v) is 7.62. The first-order valence-electron chi connectivity index (χ1n) is 6.74. The second-order valence-electron chi connectivity index (χ2n) is 5.35. The third-order valence-corrected chi connectivity index (χ3v) is 4.72. The highest BCUT2D eigenvalue weighted by Gasteiger charge is 2.27. The first-order chi connectivity index (χ1) is 8.60. The third kappa shape index (κ3) is 3.22. The smallest absolute Gasteiger partial charge is 0.304 e. The largest absolute Gasteiger partial charge is 0.315 e. The van der Waals surface area contributed by atoms with Gasteiger partial charge in [-0.1, -0.05) is 31.6 Å². The van der Waals surface area contributed by atoms with Crippen molar-refractivity contribution in [3.05, 3.63) is 20.7 Å². The third-order valence-electron chi connectivity index (χ3n) is 4.01. The quantitative estimate of drug-likeness (QED) is 0.873. The van der Waals surface area contributed by atoms with Crippen LogP contribution < -0.4 is 10.2 Å². The molecule has 2 N–H and O–H groups in total. The summed E-state index contributed by atoms with van der Waals surface area (Å²) in [5.74, 6) is 0.696. The van der Waals surface area contributed by atoms with E-state index in [-0.39, 0.29) is 4.87 Å². The maximum absolute atomic E-state index is 11.2. The summed E-state index contributed by atoms with van der Waals surface area (Å²) in [6, 6.07) is 1.09. The Kier molecular flexibility index (Phi) is 4.59. The van der Waals surface area contributed by atoms with E-state index in [0.717, 1.165) is 25.3 Å². The molecule has 1 fully saturated rings. The number of H-pyrrole nitrogens is 1. The van der Waals surface area contributed by atoms with Gasteiger partial charge >= 0.3 is 4.87 Å². The molecule has 1 aromatic heterocycles. The van der Waals surface area contributed by atoms with Gasteiger partial charge in [-0.3, -0.25) is 9.69 Å². The lowest BCUT2D eigenvalue weighted by Crippen LogP contribution is -2.56. The maximum Gasteiger partial charge on any atom is 0.304 e. The number of piperazine rings is 1. The number of aromatic amines is 1. The van der Waals surface area contributed by atoms with Gasteiger partial charge < -0.3 is 10.3 Å². The summed E-state index contributed by atoms with van der Waals surface area (Å²) >= 11 is 1.25. The lowest BCUT2D eigenvalue weighted by molar-refractivity contribution is 0.110. The van der Waals surface area contributed by atoms with Gasteiger partial charge in [-0.25, -0.2) is 0 Å². The predicted octanol–water partition coefficient (Wildman–Crippen LogP) is 1.64. The van der Waals surface area contributed by atoms with Crippen LogP contribution in [0, 0.1) is 5.92 Å².